The summed E-state index contributed by atoms with van der Waals surface area (Å²) in [6.07, 6.45) is -1.70. The monoisotopic (exact) mass is 327 g/mol. The number of hydrogen-bond donors (Lipinski definition) is 2. The molecular formula is C16H29N3O4. The van der Waals surface area contributed by atoms with Gasteiger partial charge in [0.1, 0.15) is 5.60 Å². The minimum atomic E-state index is -1.11. The molecular weight excluding hydrogens is 298 g/mol. The Balaban J connectivity index is 2.89. The Hall–Kier alpha value is -1.63. The molecule has 7 nitrogen and oxygen atoms in total. The third kappa shape index (κ3) is 5.82. The third-order valence-corrected chi connectivity index (χ3v) is 3.08. The van der Waals surface area contributed by atoms with Crippen LogP contribution in [0.15, 0.2) is 4.42 Å². The number of nitrogens with zero attached hydrogens (tertiary/aromatic N) is 2. The van der Waals surface area contributed by atoms with Crippen LogP contribution in [0.25, 0.3) is 0 Å². The summed E-state index contributed by atoms with van der Waals surface area (Å²) >= 11 is 0. The lowest BCUT2D eigenvalue weighted by atomic mass is 9.97. The van der Waals surface area contributed by atoms with E-state index in [0.29, 0.717) is 5.89 Å². The number of alkyl carbamates (subject to hydrolysis) is 1. The van der Waals surface area contributed by atoms with Gasteiger partial charge in [0.25, 0.3) is 0 Å². The summed E-state index contributed by atoms with van der Waals surface area (Å²) in [5.41, 5.74) is -0.919. The van der Waals surface area contributed by atoms with Crippen LogP contribution in [0.2, 0.25) is 0 Å². The lowest BCUT2D eigenvalue weighted by molar-refractivity contribution is 0.0323. The Bertz CT molecular complexity index is 526. The van der Waals surface area contributed by atoms with Crippen LogP contribution in [0, 0.1) is 5.92 Å². The Morgan fingerprint density at radius 3 is 2.13 bits per heavy atom. The maximum atomic E-state index is 12.0. The highest BCUT2D eigenvalue weighted by molar-refractivity contribution is 5.68. The predicted molar refractivity (Wildman–Crippen MR) is 86.0 cm³/mol. The molecule has 1 heterocycles. The third-order valence-electron chi connectivity index (χ3n) is 3.08. The van der Waals surface area contributed by atoms with Gasteiger partial charge in [-0.3, -0.25) is 0 Å². The van der Waals surface area contributed by atoms with Gasteiger partial charge in [-0.15, -0.1) is 10.2 Å². The van der Waals surface area contributed by atoms with Crippen molar-refractivity contribution in [2.45, 2.75) is 78.6 Å². The fourth-order valence-electron chi connectivity index (χ4n) is 1.86. The summed E-state index contributed by atoms with van der Waals surface area (Å²) < 4.78 is 10.8. The molecule has 23 heavy (non-hydrogen) atoms. The van der Waals surface area contributed by atoms with Crippen molar-refractivity contribution in [3.8, 4) is 0 Å². The minimum Gasteiger partial charge on any atom is -0.444 e. The second kappa shape index (κ2) is 6.86. The molecule has 0 fully saturated rings. The molecule has 1 aromatic rings. The van der Waals surface area contributed by atoms with Crippen molar-refractivity contribution in [1.29, 1.82) is 0 Å². The Morgan fingerprint density at radius 2 is 1.74 bits per heavy atom. The Morgan fingerprint density at radius 1 is 1.17 bits per heavy atom. The summed E-state index contributed by atoms with van der Waals surface area (Å²) in [5, 5.41) is 21.1. The van der Waals surface area contributed by atoms with Gasteiger partial charge in [-0.1, -0.05) is 34.6 Å². The van der Waals surface area contributed by atoms with Crippen LogP contribution >= 0.6 is 0 Å². The average Bonchev–Trinajstić information content (AvgIpc) is 2.81. The van der Waals surface area contributed by atoms with Crippen LogP contribution in [0.4, 0.5) is 4.79 Å². The van der Waals surface area contributed by atoms with Crippen LogP contribution in [0.3, 0.4) is 0 Å². The van der Waals surface area contributed by atoms with Crippen LogP contribution < -0.4 is 5.32 Å². The molecule has 0 aliphatic rings. The molecule has 0 aromatic carbocycles. The van der Waals surface area contributed by atoms with E-state index in [2.05, 4.69) is 15.5 Å². The number of carbonyl (C=O) groups excluding carboxylic acids is 1. The maximum absolute atomic E-state index is 12.0. The fraction of sp³-hybridized carbons (Fsp3) is 0.812. The van der Waals surface area contributed by atoms with Gasteiger partial charge in [0.15, 0.2) is 6.10 Å². The number of carbonyl (C=O) groups is 1. The molecule has 0 aliphatic carbocycles. The standard InChI is InChI=1S/C16H29N3O4/c1-9(2)10(17-14(21)23-16(6,7)8)11(20)12-18-19-13(22-12)15(3,4)5/h9-11,20H,1-8H3,(H,17,21)/t10-,11-/m0/s1. The summed E-state index contributed by atoms with van der Waals surface area (Å²) in [5.74, 6) is 0.471. The molecule has 0 unspecified atom stereocenters. The highest BCUT2D eigenvalue weighted by atomic mass is 16.6. The number of aromatic nitrogens is 2. The quantitative estimate of drug-likeness (QED) is 0.882. The minimum absolute atomic E-state index is 0.0532. The van der Waals surface area contributed by atoms with Crippen molar-refractivity contribution < 1.29 is 19.1 Å². The SMILES string of the molecule is CC(C)[C@H](NC(=O)OC(C)(C)C)[C@H](O)c1nnc(C(C)(C)C)o1. The predicted octanol–water partition coefficient (Wildman–Crippen LogP) is 2.95. The molecule has 0 spiro atoms. The van der Waals surface area contributed by atoms with Crippen LogP contribution in [-0.4, -0.2) is 33.0 Å². The zero-order valence-corrected chi connectivity index (χ0v) is 15.3. The van der Waals surface area contributed by atoms with E-state index in [4.69, 9.17) is 9.15 Å². The van der Waals surface area contributed by atoms with Gasteiger partial charge in [-0.05, 0) is 26.7 Å². The molecule has 0 saturated carbocycles. The smallest absolute Gasteiger partial charge is 0.407 e. The zero-order chi connectivity index (χ0) is 18.0. The van der Waals surface area contributed by atoms with E-state index in [-0.39, 0.29) is 17.2 Å². The van der Waals surface area contributed by atoms with Crippen molar-refractivity contribution in [3.63, 3.8) is 0 Å². The van der Waals surface area contributed by atoms with Crippen LogP contribution in [-0.2, 0) is 10.2 Å². The number of hydrogen-bond acceptors (Lipinski definition) is 6. The molecule has 1 amide bonds. The van der Waals surface area contributed by atoms with Crippen molar-refractivity contribution in [2.75, 3.05) is 0 Å². The first kappa shape index (κ1) is 19.4. The van der Waals surface area contributed by atoms with Gasteiger partial charge in [-0.2, -0.15) is 0 Å². The zero-order valence-electron chi connectivity index (χ0n) is 15.3. The normalized spacial score (nSPS) is 15.4. The van der Waals surface area contributed by atoms with Crippen molar-refractivity contribution in [1.82, 2.24) is 15.5 Å². The van der Waals surface area contributed by atoms with Crippen molar-refractivity contribution >= 4 is 6.09 Å². The molecule has 1 aromatic heterocycles. The molecule has 132 valence electrons. The number of nitrogens with one attached hydrogen (secondary N) is 1. The Labute approximate surface area is 137 Å². The van der Waals surface area contributed by atoms with E-state index in [0.717, 1.165) is 0 Å². The molecule has 1 rings (SSSR count). The van der Waals surface area contributed by atoms with Crippen LogP contribution in [0.5, 0.6) is 0 Å². The van der Waals surface area contributed by atoms with E-state index in [1.807, 2.05) is 34.6 Å². The lowest BCUT2D eigenvalue weighted by Crippen LogP contribution is -2.45. The summed E-state index contributed by atoms with van der Waals surface area (Å²) in [6.45, 7) is 14.9. The first-order valence-electron chi connectivity index (χ1n) is 7.82. The summed E-state index contributed by atoms with van der Waals surface area (Å²) in [4.78, 5) is 12.0. The molecule has 0 aliphatic heterocycles. The largest absolute Gasteiger partial charge is 0.444 e. The van der Waals surface area contributed by atoms with E-state index in [1.54, 1.807) is 20.8 Å². The number of ether oxygens (including phenoxy) is 1. The topological polar surface area (TPSA) is 97.5 Å². The second-order valence-electron chi connectivity index (χ2n) is 8.06. The van der Waals surface area contributed by atoms with Gasteiger partial charge in [0.2, 0.25) is 11.8 Å². The maximum Gasteiger partial charge on any atom is 0.407 e. The van der Waals surface area contributed by atoms with E-state index < -0.39 is 23.8 Å². The van der Waals surface area contributed by atoms with Crippen molar-refractivity contribution in [3.05, 3.63) is 11.8 Å². The van der Waals surface area contributed by atoms with Crippen LogP contribution in [0.1, 0.15) is 73.3 Å². The lowest BCUT2D eigenvalue weighted by Gasteiger charge is -2.27. The average molecular weight is 327 g/mol. The summed E-state index contributed by atoms with van der Waals surface area (Å²) in [6, 6.07) is -0.599. The first-order valence-corrected chi connectivity index (χ1v) is 7.82. The second-order valence-corrected chi connectivity index (χ2v) is 8.06. The van der Waals surface area contributed by atoms with Gasteiger partial charge < -0.3 is 19.6 Å². The Kier molecular flexibility index (Phi) is 5.79. The van der Waals surface area contributed by atoms with E-state index >= 15 is 0 Å². The van der Waals surface area contributed by atoms with E-state index in [1.165, 1.54) is 0 Å². The number of rotatable bonds is 4. The fourth-order valence-corrected chi connectivity index (χ4v) is 1.86. The number of aliphatic hydroxyl groups excluding tert-OH is 1. The van der Waals surface area contributed by atoms with Crippen molar-refractivity contribution in [2.24, 2.45) is 5.92 Å². The van der Waals surface area contributed by atoms with Gasteiger partial charge in [0.05, 0.1) is 6.04 Å². The molecule has 0 saturated heterocycles. The molecule has 2 atom stereocenters. The molecule has 0 radical (unpaired) electrons. The molecule has 0 bridgehead atoms. The molecule has 7 heteroatoms. The number of amides is 1. The first-order chi connectivity index (χ1) is 10.3. The summed E-state index contributed by atoms with van der Waals surface area (Å²) in [7, 11) is 0. The highest BCUT2D eigenvalue weighted by Crippen LogP contribution is 2.26. The molecule has 2 N–H and O–H groups in total. The highest BCUT2D eigenvalue weighted by Gasteiger charge is 2.32. The van der Waals surface area contributed by atoms with Gasteiger partial charge >= 0.3 is 6.09 Å². The number of aliphatic hydroxyl groups is 1. The van der Waals surface area contributed by atoms with Gasteiger partial charge in [0, 0.05) is 5.41 Å². The van der Waals surface area contributed by atoms with E-state index in [9.17, 15) is 9.90 Å². The van der Waals surface area contributed by atoms with Gasteiger partial charge in [-0.25, -0.2) is 4.79 Å².